The third-order valence-corrected chi connectivity index (χ3v) is 4.98. The molecule has 1 amide bonds. The van der Waals surface area contributed by atoms with Crippen LogP contribution in [0, 0.1) is 6.92 Å². The number of nitrogens with one attached hydrogen (secondary N) is 1. The van der Waals surface area contributed by atoms with Gasteiger partial charge in [0.2, 0.25) is 0 Å². The molecule has 0 atom stereocenters. The predicted molar refractivity (Wildman–Crippen MR) is 109 cm³/mol. The van der Waals surface area contributed by atoms with Gasteiger partial charge in [-0.15, -0.1) is 0 Å². The molecule has 1 aliphatic heterocycles. The van der Waals surface area contributed by atoms with Gasteiger partial charge in [-0.25, -0.2) is 0 Å². The molecule has 1 aliphatic rings. The zero-order valence-electron chi connectivity index (χ0n) is 16.8. The van der Waals surface area contributed by atoms with Crippen molar-refractivity contribution >= 4 is 11.9 Å². The molecule has 0 spiro atoms. The molecule has 150 valence electrons. The van der Waals surface area contributed by atoms with Crippen LogP contribution >= 0.6 is 0 Å². The Kier molecular flexibility index (Phi) is 6.57. The van der Waals surface area contributed by atoms with E-state index in [9.17, 15) is 4.79 Å². The summed E-state index contributed by atoms with van der Waals surface area (Å²) in [6, 6.07) is 9.73. The highest BCUT2D eigenvalue weighted by Crippen LogP contribution is 2.19. The number of aryl methyl sites for hydroxylation is 1. The topological polar surface area (TPSA) is 70.3 Å². The summed E-state index contributed by atoms with van der Waals surface area (Å²) in [4.78, 5) is 20.8. The molecule has 2 heterocycles. The second-order valence-electron chi connectivity index (χ2n) is 6.78. The van der Waals surface area contributed by atoms with Gasteiger partial charge in [-0.1, -0.05) is 12.1 Å². The lowest BCUT2D eigenvalue weighted by Gasteiger charge is -2.36. The molecule has 0 saturated carbocycles. The van der Waals surface area contributed by atoms with E-state index in [1.54, 1.807) is 26.3 Å². The minimum absolute atomic E-state index is 0.0547. The van der Waals surface area contributed by atoms with Crippen molar-refractivity contribution in [2.45, 2.75) is 13.3 Å². The van der Waals surface area contributed by atoms with E-state index in [2.05, 4.69) is 33.4 Å². The van der Waals surface area contributed by atoms with Crippen LogP contribution in [-0.4, -0.2) is 68.5 Å². The van der Waals surface area contributed by atoms with Crippen molar-refractivity contribution in [2.75, 3.05) is 46.9 Å². The second-order valence-corrected chi connectivity index (χ2v) is 6.78. The molecular formula is C21H28N4O3. The van der Waals surface area contributed by atoms with Crippen molar-refractivity contribution < 1.29 is 13.9 Å². The smallest absolute Gasteiger partial charge is 0.289 e. The zero-order chi connectivity index (χ0) is 19.9. The van der Waals surface area contributed by atoms with Crippen molar-refractivity contribution in [2.24, 2.45) is 4.99 Å². The first-order valence-corrected chi connectivity index (χ1v) is 9.54. The van der Waals surface area contributed by atoms with E-state index < -0.39 is 0 Å². The third-order valence-electron chi connectivity index (χ3n) is 4.98. The maximum absolute atomic E-state index is 12.4. The van der Waals surface area contributed by atoms with Crippen LogP contribution in [0.1, 0.15) is 21.7 Å². The summed E-state index contributed by atoms with van der Waals surface area (Å²) < 4.78 is 10.6. The number of aliphatic imine (C=N–C) groups is 1. The Balaban J connectivity index is 1.48. The third kappa shape index (κ3) is 4.65. The van der Waals surface area contributed by atoms with E-state index in [1.807, 2.05) is 11.8 Å². The molecule has 1 fully saturated rings. The Morgan fingerprint density at radius 3 is 2.61 bits per heavy atom. The molecule has 7 nitrogen and oxygen atoms in total. The summed E-state index contributed by atoms with van der Waals surface area (Å²) in [7, 11) is 3.49. The monoisotopic (exact) mass is 384 g/mol. The van der Waals surface area contributed by atoms with E-state index in [0.29, 0.717) is 18.8 Å². The number of furan rings is 1. The summed E-state index contributed by atoms with van der Waals surface area (Å²) in [5.41, 5.74) is 2.36. The second kappa shape index (κ2) is 9.30. The number of hydrogen-bond donors (Lipinski definition) is 1. The van der Waals surface area contributed by atoms with Gasteiger partial charge in [-0.2, -0.15) is 0 Å². The largest absolute Gasteiger partial charge is 0.496 e. The van der Waals surface area contributed by atoms with Gasteiger partial charge >= 0.3 is 0 Å². The summed E-state index contributed by atoms with van der Waals surface area (Å²) in [6.07, 6.45) is 2.41. The fourth-order valence-corrected chi connectivity index (χ4v) is 3.35. The van der Waals surface area contributed by atoms with Crippen LogP contribution in [0.15, 0.2) is 46.0 Å². The van der Waals surface area contributed by atoms with Crippen LogP contribution in [0.4, 0.5) is 0 Å². The number of carbonyl (C=O) groups excluding carboxylic acids is 1. The average Bonchev–Trinajstić information content (AvgIpc) is 3.27. The molecule has 0 aliphatic carbocycles. The van der Waals surface area contributed by atoms with Crippen molar-refractivity contribution in [3.05, 3.63) is 53.5 Å². The molecule has 7 heteroatoms. The average molecular weight is 384 g/mol. The maximum atomic E-state index is 12.4. The van der Waals surface area contributed by atoms with Gasteiger partial charge in [0.1, 0.15) is 5.75 Å². The molecule has 1 N–H and O–H groups in total. The van der Waals surface area contributed by atoms with Crippen molar-refractivity contribution in [1.29, 1.82) is 0 Å². The van der Waals surface area contributed by atoms with E-state index >= 15 is 0 Å². The minimum Gasteiger partial charge on any atom is -0.496 e. The predicted octanol–water partition coefficient (Wildman–Crippen LogP) is 2.17. The lowest BCUT2D eigenvalue weighted by molar-refractivity contribution is 0.0658. The highest BCUT2D eigenvalue weighted by Gasteiger charge is 2.25. The molecule has 0 bridgehead atoms. The summed E-state index contributed by atoms with van der Waals surface area (Å²) >= 11 is 0. The van der Waals surface area contributed by atoms with Crippen LogP contribution in [-0.2, 0) is 6.42 Å². The highest BCUT2D eigenvalue weighted by atomic mass is 16.5. The Morgan fingerprint density at radius 2 is 1.96 bits per heavy atom. The van der Waals surface area contributed by atoms with Gasteiger partial charge < -0.3 is 24.3 Å². The fraction of sp³-hybridized carbons (Fsp3) is 0.429. The maximum Gasteiger partial charge on any atom is 0.289 e. The molecule has 3 rings (SSSR count). The molecule has 2 aromatic rings. The Morgan fingerprint density at radius 1 is 1.21 bits per heavy atom. The number of hydrogen-bond acceptors (Lipinski definition) is 4. The summed E-state index contributed by atoms with van der Waals surface area (Å²) in [6.45, 7) is 5.60. The van der Waals surface area contributed by atoms with Crippen molar-refractivity contribution in [1.82, 2.24) is 15.1 Å². The highest BCUT2D eigenvalue weighted by molar-refractivity contribution is 5.91. The number of methoxy groups -OCH3 is 1. The summed E-state index contributed by atoms with van der Waals surface area (Å²) in [5, 5.41) is 3.42. The van der Waals surface area contributed by atoms with E-state index in [4.69, 9.17) is 9.15 Å². The number of amides is 1. The lowest BCUT2D eigenvalue weighted by atomic mass is 10.1. The number of benzene rings is 1. The molecule has 0 unspecified atom stereocenters. The minimum atomic E-state index is -0.0547. The van der Waals surface area contributed by atoms with Gasteiger partial charge in [0, 0.05) is 39.8 Å². The van der Waals surface area contributed by atoms with E-state index in [1.165, 1.54) is 11.8 Å². The normalized spacial score (nSPS) is 14.9. The number of piperazine rings is 1. The Hall–Kier alpha value is -2.96. The first-order valence-electron chi connectivity index (χ1n) is 9.54. The number of nitrogens with zero attached hydrogens (tertiary/aromatic N) is 3. The molecule has 1 aromatic carbocycles. The SMILES string of the molecule is CN=C(NCCc1ccc(C)c(OC)c1)N1CCN(C(=O)c2ccco2)CC1. The number of rotatable bonds is 5. The first-order chi connectivity index (χ1) is 13.6. The standard InChI is InChI=1S/C21H28N4O3/c1-16-6-7-17(15-19(16)27-3)8-9-23-21(22-2)25-12-10-24(11-13-25)20(26)18-5-4-14-28-18/h4-7,14-15H,8-13H2,1-3H3,(H,22,23). The van der Waals surface area contributed by atoms with Gasteiger partial charge in [0.15, 0.2) is 11.7 Å². The summed E-state index contributed by atoms with van der Waals surface area (Å²) in [5.74, 6) is 2.12. The van der Waals surface area contributed by atoms with Crippen LogP contribution < -0.4 is 10.1 Å². The number of guanidine groups is 1. The van der Waals surface area contributed by atoms with Gasteiger partial charge in [0.25, 0.3) is 5.91 Å². The molecule has 1 aromatic heterocycles. The van der Waals surface area contributed by atoms with E-state index in [-0.39, 0.29) is 5.91 Å². The fourth-order valence-electron chi connectivity index (χ4n) is 3.35. The number of ether oxygens (including phenoxy) is 1. The van der Waals surface area contributed by atoms with Gasteiger partial charge in [-0.05, 0) is 42.7 Å². The quantitative estimate of drug-likeness (QED) is 0.632. The van der Waals surface area contributed by atoms with Crippen LogP contribution in [0.2, 0.25) is 0 Å². The van der Waals surface area contributed by atoms with E-state index in [0.717, 1.165) is 43.3 Å². The lowest BCUT2D eigenvalue weighted by Crippen LogP contribution is -2.54. The zero-order valence-corrected chi connectivity index (χ0v) is 16.8. The van der Waals surface area contributed by atoms with Crippen molar-refractivity contribution in [3.8, 4) is 5.75 Å². The molecule has 0 radical (unpaired) electrons. The first kappa shape index (κ1) is 19.8. The number of carbonyl (C=O) groups is 1. The Labute approximate surface area is 166 Å². The van der Waals surface area contributed by atoms with Gasteiger partial charge in [-0.3, -0.25) is 9.79 Å². The van der Waals surface area contributed by atoms with Crippen LogP contribution in [0.25, 0.3) is 0 Å². The molecule has 1 saturated heterocycles. The van der Waals surface area contributed by atoms with Gasteiger partial charge in [0.05, 0.1) is 13.4 Å². The van der Waals surface area contributed by atoms with Crippen molar-refractivity contribution in [3.63, 3.8) is 0 Å². The molecule has 28 heavy (non-hydrogen) atoms. The van der Waals surface area contributed by atoms with Crippen LogP contribution in [0.3, 0.4) is 0 Å². The Bertz CT molecular complexity index is 809. The molecular weight excluding hydrogens is 356 g/mol. The van der Waals surface area contributed by atoms with Crippen LogP contribution in [0.5, 0.6) is 5.75 Å².